The van der Waals surface area contributed by atoms with Crippen molar-refractivity contribution in [2.24, 2.45) is 10.9 Å². The first-order valence-electron chi connectivity index (χ1n) is 12.5. The topological polar surface area (TPSA) is 110 Å². The molecule has 8 nitrogen and oxygen atoms in total. The lowest BCUT2D eigenvalue weighted by atomic mass is 10.1. The van der Waals surface area contributed by atoms with E-state index < -0.39 is 51.5 Å². The van der Waals surface area contributed by atoms with Gasteiger partial charge < -0.3 is 10.2 Å². The normalized spacial score (nSPS) is 20.6. The van der Waals surface area contributed by atoms with Gasteiger partial charge in [0.2, 0.25) is 5.95 Å². The summed E-state index contributed by atoms with van der Waals surface area (Å²) in [5, 5.41) is 23.0. The van der Waals surface area contributed by atoms with E-state index >= 15 is 8.78 Å². The monoisotopic (exact) mass is 608 g/mol. The van der Waals surface area contributed by atoms with Crippen LogP contribution in [-0.4, -0.2) is 40.7 Å². The summed E-state index contributed by atoms with van der Waals surface area (Å²) < 4.78 is 59.1. The van der Waals surface area contributed by atoms with Crippen LogP contribution < -0.4 is 5.56 Å². The lowest BCUT2D eigenvalue weighted by Gasteiger charge is -2.16. The Balaban J connectivity index is 1.75. The van der Waals surface area contributed by atoms with Gasteiger partial charge in [0.25, 0.3) is 11.5 Å². The van der Waals surface area contributed by atoms with Crippen LogP contribution in [0.5, 0.6) is 0 Å². The van der Waals surface area contributed by atoms with E-state index in [2.05, 4.69) is 10.1 Å². The molecule has 0 bridgehead atoms. The maximum atomic E-state index is 15.7. The van der Waals surface area contributed by atoms with Crippen LogP contribution in [0, 0.1) is 24.6 Å². The highest BCUT2D eigenvalue weighted by Crippen LogP contribution is 2.61. The summed E-state index contributed by atoms with van der Waals surface area (Å²) in [5.41, 5.74) is -0.543. The minimum absolute atomic E-state index is 0.123. The summed E-state index contributed by atoms with van der Waals surface area (Å²) in [5.74, 6) is -6.38. The maximum absolute atomic E-state index is 15.7. The molecule has 4 unspecified atom stereocenters. The average molecular weight is 609 g/mol. The van der Waals surface area contributed by atoms with Gasteiger partial charge in [0.05, 0.1) is 28.1 Å². The van der Waals surface area contributed by atoms with Crippen molar-refractivity contribution in [2.45, 2.75) is 50.3 Å². The van der Waals surface area contributed by atoms with Crippen LogP contribution in [0.3, 0.4) is 0 Å². The number of hydrogen-bond acceptors (Lipinski definition) is 6. The molecule has 2 aromatic heterocycles. The molecule has 2 heterocycles. The summed E-state index contributed by atoms with van der Waals surface area (Å²) >= 11 is 6.47. The van der Waals surface area contributed by atoms with Crippen LogP contribution in [0.15, 0.2) is 63.2 Å². The van der Waals surface area contributed by atoms with E-state index in [0.717, 1.165) is 17.7 Å². The molecule has 1 aliphatic carbocycles. The van der Waals surface area contributed by atoms with Gasteiger partial charge in [-0.25, -0.2) is 8.78 Å². The number of allylic oxidation sites excluding steroid dienone is 2. The Morgan fingerprint density at radius 1 is 1.24 bits per heavy atom. The first kappa shape index (κ1) is 30.6. The first-order chi connectivity index (χ1) is 19.2. The zero-order valence-electron chi connectivity index (χ0n) is 22.8. The highest BCUT2D eigenvalue weighted by molar-refractivity contribution is 7.84. The third kappa shape index (κ3) is 5.74. The second kappa shape index (κ2) is 11.5. The lowest BCUT2D eigenvalue weighted by molar-refractivity contribution is -0.225. The average Bonchev–Trinajstić information content (AvgIpc) is 3.38. The van der Waals surface area contributed by atoms with Gasteiger partial charge in [-0.05, 0) is 49.4 Å². The second-order valence-electron chi connectivity index (χ2n) is 9.92. The highest BCUT2D eigenvalue weighted by atomic mass is 35.5. The molecule has 4 atom stereocenters. The molecule has 0 saturated heterocycles. The molecule has 2 N–H and O–H groups in total. The van der Waals surface area contributed by atoms with Crippen molar-refractivity contribution in [1.29, 1.82) is 0 Å². The van der Waals surface area contributed by atoms with E-state index in [1.54, 1.807) is 19.9 Å². The Morgan fingerprint density at radius 2 is 1.90 bits per heavy atom. The van der Waals surface area contributed by atoms with Crippen LogP contribution in [0.2, 0.25) is 5.02 Å². The van der Waals surface area contributed by atoms with Gasteiger partial charge in [0, 0.05) is 42.1 Å². The molecule has 41 heavy (non-hydrogen) atoms. The summed E-state index contributed by atoms with van der Waals surface area (Å²) in [7, 11) is -1.68. The number of hydrogen-bond donors (Lipinski definition) is 2. The van der Waals surface area contributed by atoms with Gasteiger partial charge in [-0.15, -0.1) is 0 Å². The summed E-state index contributed by atoms with van der Waals surface area (Å²) in [4.78, 5) is 17.2. The summed E-state index contributed by atoms with van der Waals surface area (Å²) in [6, 6.07) is 5.63. The molecule has 1 aromatic carbocycles. The van der Waals surface area contributed by atoms with E-state index in [0.29, 0.717) is 15.9 Å². The largest absolute Gasteiger partial charge is 0.348 e. The van der Waals surface area contributed by atoms with E-state index in [1.165, 1.54) is 42.9 Å². The quantitative estimate of drug-likeness (QED) is 0.278. The minimum atomic E-state index is -2.53. The Hall–Kier alpha value is -3.32. The van der Waals surface area contributed by atoms with Crippen LogP contribution in [0.4, 0.5) is 13.2 Å². The van der Waals surface area contributed by atoms with Crippen molar-refractivity contribution in [3.05, 3.63) is 98.1 Å². The molecule has 13 heteroatoms. The Labute approximate surface area is 241 Å². The van der Waals surface area contributed by atoms with Gasteiger partial charge in [-0.2, -0.15) is 14.2 Å². The third-order valence-corrected chi connectivity index (χ3v) is 8.30. The number of pyridine rings is 1. The molecular weight excluding hydrogens is 581 g/mol. The zero-order chi connectivity index (χ0) is 30.4. The fourth-order valence-electron chi connectivity index (χ4n) is 4.93. The predicted octanol–water partition coefficient (Wildman–Crippen LogP) is 4.94. The highest BCUT2D eigenvalue weighted by Gasteiger charge is 2.52. The molecule has 0 spiro atoms. The number of aliphatic hydroxyl groups is 2. The molecule has 0 amide bonds. The van der Waals surface area contributed by atoms with E-state index in [9.17, 15) is 23.6 Å². The van der Waals surface area contributed by atoms with Crippen LogP contribution >= 0.6 is 11.6 Å². The molecule has 1 aliphatic rings. The number of benzene rings is 1. The minimum Gasteiger partial charge on any atom is -0.348 e. The third-order valence-electron chi connectivity index (χ3n) is 6.99. The van der Waals surface area contributed by atoms with Crippen molar-refractivity contribution in [3.63, 3.8) is 0 Å². The van der Waals surface area contributed by atoms with Gasteiger partial charge in [0.1, 0.15) is 16.6 Å². The molecule has 1 saturated carbocycles. The number of aromatic nitrogens is 3. The van der Waals surface area contributed by atoms with Crippen molar-refractivity contribution in [2.75, 3.05) is 6.26 Å². The lowest BCUT2D eigenvalue weighted by Crippen LogP contribution is -2.31. The van der Waals surface area contributed by atoms with Crippen molar-refractivity contribution >= 4 is 34.3 Å². The number of nitrogens with zero attached hydrogens (tertiary/aromatic N) is 4. The van der Waals surface area contributed by atoms with Crippen LogP contribution in [-0.2, 0) is 16.7 Å². The number of aliphatic imine (C=N–C) groups is 1. The summed E-state index contributed by atoms with van der Waals surface area (Å²) in [6.45, 7) is 5.99. The standard InChI is InChI=1S/C28H28ClF3N4O4S/c1-6-10-33-25(16-8-7-9-20(24(16)31)41(5)40)19(30)13-35-14(2)11-17(23(29)27(35)37)21-15(3)22(21)18-12-34-36(26(18)32)28(4,38)39/h6-13,15,21-22,38-39H,1-5H3/b10-6+,19-13-,33-25+. The van der Waals surface area contributed by atoms with E-state index in [4.69, 9.17) is 11.6 Å². The van der Waals surface area contributed by atoms with Crippen LogP contribution in [0.25, 0.3) is 6.20 Å². The molecular formula is C28H28ClF3N4O4S. The van der Waals surface area contributed by atoms with Crippen molar-refractivity contribution in [1.82, 2.24) is 14.3 Å². The SMILES string of the molecule is C/C=C/N=C(/C(F)=C/n1c(C)cc(C2C(C)C2c2cnn(C(C)(O)O)c2F)c(Cl)c1=O)c1cccc(S(C)=O)c1F. The fraction of sp³-hybridized carbons (Fsp3) is 0.321. The van der Waals surface area contributed by atoms with Crippen molar-refractivity contribution < 1.29 is 27.6 Å². The smallest absolute Gasteiger partial charge is 0.273 e. The summed E-state index contributed by atoms with van der Waals surface area (Å²) in [6.07, 6.45) is 6.12. The first-order valence-corrected chi connectivity index (χ1v) is 14.4. The Bertz CT molecular complexity index is 1690. The van der Waals surface area contributed by atoms with Crippen LogP contribution in [0.1, 0.15) is 55.0 Å². The van der Waals surface area contributed by atoms with Gasteiger partial charge >= 0.3 is 0 Å². The molecule has 218 valence electrons. The fourth-order valence-corrected chi connectivity index (χ4v) is 5.83. The Morgan fingerprint density at radius 3 is 2.49 bits per heavy atom. The van der Waals surface area contributed by atoms with E-state index in [1.807, 2.05) is 6.92 Å². The molecule has 4 rings (SSSR count). The predicted molar refractivity (Wildman–Crippen MR) is 151 cm³/mol. The maximum Gasteiger partial charge on any atom is 0.273 e. The van der Waals surface area contributed by atoms with Crippen molar-refractivity contribution in [3.8, 4) is 0 Å². The molecule has 1 fully saturated rings. The number of aryl methyl sites for hydroxylation is 1. The van der Waals surface area contributed by atoms with Gasteiger partial charge in [-0.1, -0.05) is 30.7 Å². The number of halogens is 4. The molecule has 0 aliphatic heterocycles. The Kier molecular flexibility index (Phi) is 8.60. The van der Waals surface area contributed by atoms with Gasteiger partial charge in [0.15, 0.2) is 5.83 Å². The molecule has 0 radical (unpaired) electrons. The molecule has 3 aromatic rings. The van der Waals surface area contributed by atoms with Gasteiger partial charge in [-0.3, -0.25) is 18.6 Å². The van der Waals surface area contributed by atoms with E-state index in [-0.39, 0.29) is 32.9 Å². The zero-order valence-corrected chi connectivity index (χ0v) is 24.3. The number of rotatable bonds is 8. The second-order valence-corrected chi connectivity index (χ2v) is 11.6.